The number of H-pyrrole nitrogens is 1. The molecule has 10 aromatic heterocycles. The van der Waals surface area contributed by atoms with Crippen LogP contribution in [-0.4, -0.2) is 145 Å². The first-order valence-corrected chi connectivity index (χ1v) is 47.1. The van der Waals surface area contributed by atoms with Gasteiger partial charge >= 0.3 is 0 Å². The minimum Gasteiger partial charge on any atom is -0.423 e. The van der Waals surface area contributed by atoms with E-state index in [1.54, 1.807) is 74.4 Å². The van der Waals surface area contributed by atoms with Crippen molar-refractivity contribution < 1.29 is 88.3 Å². The number of carbonyl (C=O) groups excluding carboxylic acids is 12. The Morgan fingerprint density at radius 2 is 0.936 bits per heavy atom. The third-order valence-corrected chi connectivity index (χ3v) is 29.1. The molecule has 44 heteroatoms. The zero-order valence-corrected chi connectivity index (χ0v) is 78.8. The number of amides is 8. The fourth-order valence-corrected chi connectivity index (χ4v) is 20.6. The first kappa shape index (κ1) is 94.2. The van der Waals surface area contributed by atoms with Gasteiger partial charge in [0.1, 0.15) is 79.7 Å². The predicted molar refractivity (Wildman–Crippen MR) is 489 cm³/mol. The maximum atomic E-state index is 14.7. The van der Waals surface area contributed by atoms with Crippen LogP contribution in [0, 0.1) is 84.7 Å². The number of aromatic amines is 1. The van der Waals surface area contributed by atoms with Crippen molar-refractivity contribution in [2.45, 2.75) is 232 Å². The molecule has 0 spiro atoms. The number of hydrogen-bond donors (Lipinski definition) is 9. The summed E-state index contributed by atoms with van der Waals surface area (Å²) in [7, 11) is 0. The van der Waals surface area contributed by atoms with Crippen LogP contribution in [0.2, 0.25) is 5.02 Å². The largest absolute Gasteiger partial charge is 0.423 e. The Morgan fingerprint density at radius 3 is 1.37 bits per heavy atom. The van der Waals surface area contributed by atoms with Crippen molar-refractivity contribution in [3.63, 3.8) is 0 Å². The van der Waals surface area contributed by atoms with E-state index >= 15 is 0 Å². The Labute approximate surface area is 802 Å². The van der Waals surface area contributed by atoms with Crippen LogP contribution >= 0.6 is 22.9 Å². The molecule has 724 valence electrons. The summed E-state index contributed by atoms with van der Waals surface area (Å²) in [4.78, 5) is 166. The Bertz CT molecular complexity index is 7230. The number of nitrogens with zero attached hydrogens (tertiary/aromatic N) is 14. The predicted octanol–water partition coefficient (Wildman–Crippen LogP) is 13.2. The monoisotopic (exact) mass is 1950 g/mol. The van der Waals surface area contributed by atoms with Crippen LogP contribution in [0.25, 0.3) is 0 Å². The van der Waals surface area contributed by atoms with Gasteiger partial charge in [0.05, 0.1) is 50.9 Å². The van der Waals surface area contributed by atoms with Crippen molar-refractivity contribution in [2.75, 3.05) is 21.3 Å². The van der Waals surface area contributed by atoms with Crippen LogP contribution in [0.1, 0.15) is 301 Å². The summed E-state index contributed by atoms with van der Waals surface area (Å²) < 4.78 is 88.3. The van der Waals surface area contributed by atoms with E-state index in [2.05, 4.69) is 98.5 Å². The third kappa shape index (κ3) is 17.3. The molecule has 6 saturated carbocycles. The van der Waals surface area contributed by atoms with E-state index in [-0.39, 0.29) is 69.0 Å². The molecule has 6 atom stereocenters. The van der Waals surface area contributed by atoms with Gasteiger partial charge in [0.25, 0.3) is 70.4 Å². The summed E-state index contributed by atoms with van der Waals surface area (Å²) >= 11 is 7.54. The number of nitrogens with one attached hydrogen (secondary N) is 9. The molecule has 12 aromatic rings. The van der Waals surface area contributed by atoms with E-state index in [4.69, 9.17) is 20.4 Å². The molecule has 22 rings (SSSR count). The van der Waals surface area contributed by atoms with Crippen molar-refractivity contribution in [1.29, 1.82) is 0 Å². The number of hydrogen-bond acceptors (Lipinski definition) is 25. The first-order chi connectivity index (χ1) is 66.8. The average Bonchev–Trinajstić information content (AvgIpc) is 1.60. The van der Waals surface area contributed by atoms with Gasteiger partial charge in [0, 0.05) is 102 Å². The van der Waals surface area contributed by atoms with Crippen LogP contribution < -0.4 is 42.5 Å². The zero-order chi connectivity index (χ0) is 99.1. The number of pyridine rings is 2. The standard InChI is InChI=1S/C24H24ClN5O4.C24H23F2N7O3.C24H23F2N5O4.C24H23FN6O3S/c1-12-6-7-15(11-16(12)25)26-21(32)19-13(2)18(17-5-4-10-30(17)19)20(31)22(33)27-24(8-9-24)23-29-28-14(3)34-23;1-10-17(21(34)23(36)30-24(4-5-24)16-9-28-32-31-16)15-8-12-7-14(12)33(15)20(10)22(35)29-13-3-6-27-19(11(2)25)18(13)26;1-11-15(25)9-14(10-16(11)26)27-21(33)19-12(2)18(17-5-4-8-31(17)19)20(32)22(34)28-24(6-7-24)23-30-29-13(3)35-23;1-11-18(20(32)22(34)29-24(4-5-24)23-30-27-10-35-23)17-8-13-7-16(13)31(17)19(11)21(33)28-14-3-6-26-15(9-14)12(2)25/h6-7,11H,4-5,8-10H2,1-3H3,(H,26,32)(H,27,33);3,6,9,11-12,14H,4-5,7-8H2,1-2H3,(H,30,36)(H,27,29,35)(H,28,31,32);9-10H,4-8H2,1-3H3,(H,27,33)(H,28,34);3,6,9-10,12-13,16H,4-5,7-8H2,1-2H3,(H,29,34)(H,26,28,33)/t;11?,12-,14-;;12?,13-,16-/m.1.1/s1. The summed E-state index contributed by atoms with van der Waals surface area (Å²) in [6.45, 7) is 16.7. The van der Waals surface area contributed by atoms with Gasteiger partial charge in [0.15, 0.2) is 5.82 Å². The van der Waals surface area contributed by atoms with E-state index in [0.29, 0.717) is 215 Å². The fraction of sp³-hybridized carbons (Fsp3) is 0.396. The molecule has 2 unspecified atom stereocenters. The molecule has 140 heavy (non-hydrogen) atoms. The lowest BCUT2D eigenvalue weighted by Crippen LogP contribution is -2.40. The highest BCUT2D eigenvalue weighted by molar-refractivity contribution is 7.09. The normalized spacial score (nSPS) is 18.6. The molecular formula is C96H93ClF5N23O14S. The minimum absolute atomic E-state index is 0.0420. The summed E-state index contributed by atoms with van der Waals surface area (Å²) in [5.41, 5.74) is 6.93. The maximum absolute atomic E-state index is 14.7. The molecule has 6 fully saturated rings. The number of alkyl halides is 2. The molecule has 9 N–H and O–H groups in total. The summed E-state index contributed by atoms with van der Waals surface area (Å²) in [6.07, 6.45) is 12.0. The SMILES string of the molecule is Cc1c(C(=O)C(=O)NC2(c3cn[nH]n3)CC2)c2n(c1C(=O)Nc1ccnc(C(C)F)c1F)[C@@H]1C[C@@H]1C2.Cc1c(C(=O)C(=O)NC2(c3nncs3)CC2)c2n(c1C(=O)Nc1ccnc(C(C)F)c1)[C@@H]1C[C@@H]1C2.Cc1nnc(C2(NC(=O)C(=O)c3c(C)c(C(=O)Nc4cc(F)c(C)c(F)c4)n4c3CCC4)CC2)o1.Cc1nnc(C2(NC(=O)C(=O)c3c(C)c(C(=O)Nc4ccc(C)c(Cl)c4)n4c3CCC4)CC2)o1. The number of anilines is 4. The molecule has 2 aromatic carbocycles. The smallest absolute Gasteiger partial charge is 0.293 e. The Hall–Kier alpha value is -14.8. The van der Waals surface area contributed by atoms with Gasteiger partial charge in [0.2, 0.25) is 23.6 Å². The van der Waals surface area contributed by atoms with Gasteiger partial charge in [-0.25, -0.2) is 22.0 Å². The van der Waals surface area contributed by atoms with Crippen LogP contribution in [0.4, 0.5) is 44.7 Å². The average molecular weight is 1960 g/mol. The fourth-order valence-electron chi connectivity index (χ4n) is 19.7. The second-order valence-electron chi connectivity index (χ2n) is 37.4. The molecule has 0 bridgehead atoms. The first-order valence-electron chi connectivity index (χ1n) is 45.8. The summed E-state index contributed by atoms with van der Waals surface area (Å²) in [5, 5.41) is 57.0. The van der Waals surface area contributed by atoms with Crippen molar-refractivity contribution in [3.8, 4) is 0 Å². The highest BCUT2D eigenvalue weighted by Crippen LogP contribution is 2.57. The van der Waals surface area contributed by atoms with E-state index in [0.717, 1.165) is 49.6 Å². The topological polar surface area (TPSA) is 492 Å². The van der Waals surface area contributed by atoms with Gasteiger partial charge in [-0.1, -0.05) is 17.7 Å². The number of rotatable bonds is 26. The second-order valence-corrected chi connectivity index (χ2v) is 38.6. The quantitative estimate of drug-likeness (QED) is 0.0138. The van der Waals surface area contributed by atoms with Crippen molar-refractivity contribution in [1.82, 2.24) is 95.5 Å². The number of Topliss-reactive ketones (excluding diaryl/α,β-unsaturated/α-hetero) is 4. The molecule has 37 nitrogen and oxygen atoms in total. The number of halogens is 6. The van der Waals surface area contributed by atoms with Gasteiger partial charge in [-0.05, 0) is 240 Å². The highest BCUT2D eigenvalue weighted by atomic mass is 35.5. The molecule has 0 saturated heterocycles. The number of aromatic nitrogens is 15. The number of fused-ring (bicyclic) bond motifs is 8. The Balaban J connectivity index is 0.000000119. The molecule has 0 radical (unpaired) electrons. The molecule has 8 amide bonds. The number of benzene rings is 2. The van der Waals surface area contributed by atoms with Gasteiger partial charge in [-0.3, -0.25) is 67.5 Å². The third-order valence-electron chi connectivity index (χ3n) is 27.8. The number of aryl methyl sites for hydroxylation is 3. The zero-order valence-electron chi connectivity index (χ0n) is 77.3. The maximum Gasteiger partial charge on any atom is 0.293 e. The van der Waals surface area contributed by atoms with Crippen molar-refractivity contribution >= 4 is 116 Å². The lowest BCUT2D eigenvalue weighted by molar-refractivity contribution is -0.118. The second kappa shape index (κ2) is 35.9. The van der Waals surface area contributed by atoms with Gasteiger partial charge in [-0.2, -0.15) is 15.4 Å². The van der Waals surface area contributed by atoms with E-state index < -0.39 is 122 Å². The Kier molecular flexibility index (Phi) is 24.2. The van der Waals surface area contributed by atoms with E-state index in [9.17, 15) is 79.5 Å². The lowest BCUT2D eigenvalue weighted by Gasteiger charge is -2.14. The highest BCUT2D eigenvalue weighted by Gasteiger charge is 2.57. The van der Waals surface area contributed by atoms with Gasteiger partial charge < -0.3 is 69.6 Å². The summed E-state index contributed by atoms with van der Waals surface area (Å²) in [6, 6.07) is 11.9. The van der Waals surface area contributed by atoms with Crippen LogP contribution in [0.3, 0.4) is 0 Å². The van der Waals surface area contributed by atoms with E-state index in [1.807, 2.05) is 22.1 Å². The molecular weight excluding hydrogens is 1860 g/mol. The van der Waals surface area contributed by atoms with Crippen molar-refractivity contribution in [3.05, 3.63) is 242 Å². The lowest BCUT2D eigenvalue weighted by atomic mass is 10.0. The minimum atomic E-state index is -1.65. The van der Waals surface area contributed by atoms with Crippen LogP contribution in [0.15, 0.2) is 81.5 Å². The molecule has 4 aliphatic heterocycles. The van der Waals surface area contributed by atoms with Gasteiger partial charge in [-0.15, -0.1) is 41.9 Å². The van der Waals surface area contributed by atoms with E-state index in [1.165, 1.54) is 55.9 Å². The van der Waals surface area contributed by atoms with Crippen molar-refractivity contribution in [2.24, 2.45) is 11.8 Å². The van der Waals surface area contributed by atoms with Crippen LogP contribution in [0.5, 0.6) is 0 Å². The summed E-state index contributed by atoms with van der Waals surface area (Å²) in [5.74, 6) is -8.35. The molecule has 6 aliphatic carbocycles. The van der Waals surface area contributed by atoms with Crippen LogP contribution in [-0.2, 0) is 80.1 Å². The number of carbonyl (C=O) groups is 12. The Morgan fingerprint density at radius 1 is 0.493 bits per heavy atom. The number of ketones is 4. The molecule has 14 heterocycles. The molecule has 10 aliphatic rings.